The molecule has 0 spiro atoms. The van der Waals surface area contributed by atoms with Gasteiger partial charge in [0.05, 0.1) is 6.20 Å². The highest BCUT2D eigenvalue weighted by Crippen LogP contribution is 2.24. The van der Waals surface area contributed by atoms with Crippen molar-refractivity contribution in [3.8, 4) is 0 Å². The molecule has 102 valence electrons. The van der Waals surface area contributed by atoms with E-state index in [4.69, 9.17) is 5.11 Å². The molecule has 2 N–H and O–H groups in total. The van der Waals surface area contributed by atoms with Crippen LogP contribution < -0.4 is 4.72 Å². The Kier molecular flexibility index (Phi) is 4.04. The van der Waals surface area contributed by atoms with Gasteiger partial charge in [-0.15, -0.1) is 0 Å². The van der Waals surface area contributed by atoms with Crippen LogP contribution in [0.2, 0.25) is 0 Å². The van der Waals surface area contributed by atoms with Gasteiger partial charge in [0.15, 0.2) is 5.03 Å². The fraction of sp³-hybridized carbons (Fsp3) is 0.727. The zero-order valence-corrected chi connectivity index (χ0v) is 11.2. The minimum atomic E-state index is -3.48. The quantitative estimate of drug-likeness (QED) is 0.823. The molecule has 2 rings (SSSR count). The molecule has 0 unspecified atom stereocenters. The van der Waals surface area contributed by atoms with Crippen LogP contribution in [-0.2, 0) is 17.1 Å². The van der Waals surface area contributed by atoms with E-state index in [0.29, 0.717) is 5.92 Å². The predicted octanol–water partition coefficient (Wildman–Crippen LogP) is 0.249. The summed E-state index contributed by atoms with van der Waals surface area (Å²) in [5, 5.41) is 13.1. The van der Waals surface area contributed by atoms with Crippen LogP contribution in [0.25, 0.3) is 0 Å². The van der Waals surface area contributed by atoms with E-state index in [0.717, 1.165) is 25.7 Å². The lowest BCUT2D eigenvalue weighted by atomic mass is 9.87. The van der Waals surface area contributed by atoms with E-state index < -0.39 is 10.0 Å². The average Bonchev–Trinajstić information content (AvgIpc) is 2.77. The van der Waals surface area contributed by atoms with Crippen LogP contribution in [0.15, 0.2) is 17.3 Å². The Bertz CT molecular complexity index is 489. The van der Waals surface area contributed by atoms with Gasteiger partial charge in [-0.3, -0.25) is 4.68 Å². The fourth-order valence-corrected chi connectivity index (χ4v) is 3.80. The summed E-state index contributed by atoms with van der Waals surface area (Å²) in [6.45, 7) is 0.196. The molecule has 0 aliphatic heterocycles. The summed E-state index contributed by atoms with van der Waals surface area (Å²) in [7, 11) is -1.88. The summed E-state index contributed by atoms with van der Waals surface area (Å²) >= 11 is 0. The number of nitrogens with one attached hydrogen (secondary N) is 1. The molecule has 1 heterocycles. The van der Waals surface area contributed by atoms with E-state index in [9.17, 15) is 8.42 Å². The van der Waals surface area contributed by atoms with Gasteiger partial charge < -0.3 is 5.11 Å². The zero-order chi connectivity index (χ0) is 13.2. The molecule has 1 aromatic heterocycles. The number of sulfonamides is 1. The Balaban J connectivity index is 2.00. The Morgan fingerprint density at radius 1 is 1.44 bits per heavy atom. The van der Waals surface area contributed by atoms with Gasteiger partial charge in [-0.05, 0) is 37.7 Å². The summed E-state index contributed by atoms with van der Waals surface area (Å²) < 4.78 is 28.3. The van der Waals surface area contributed by atoms with E-state index in [1.807, 2.05) is 0 Å². The van der Waals surface area contributed by atoms with Gasteiger partial charge >= 0.3 is 0 Å². The molecule has 0 amide bonds. The average molecular weight is 273 g/mol. The maximum atomic E-state index is 12.1. The topological polar surface area (TPSA) is 84.2 Å². The normalized spacial score (nSPS) is 25.2. The van der Waals surface area contributed by atoms with Gasteiger partial charge in [-0.25, -0.2) is 13.1 Å². The lowest BCUT2D eigenvalue weighted by molar-refractivity contribution is 0.180. The van der Waals surface area contributed by atoms with Crippen molar-refractivity contribution in [2.24, 2.45) is 13.0 Å². The lowest BCUT2D eigenvalue weighted by Crippen LogP contribution is -2.38. The van der Waals surface area contributed by atoms with Gasteiger partial charge in [0.1, 0.15) is 0 Å². The van der Waals surface area contributed by atoms with Crippen LogP contribution >= 0.6 is 0 Å². The van der Waals surface area contributed by atoms with Crippen LogP contribution in [-0.4, -0.2) is 36.0 Å². The van der Waals surface area contributed by atoms with Crippen LogP contribution in [0.3, 0.4) is 0 Å². The first-order valence-corrected chi connectivity index (χ1v) is 7.62. The Morgan fingerprint density at radius 2 is 2.11 bits per heavy atom. The maximum absolute atomic E-state index is 12.1. The summed E-state index contributed by atoms with van der Waals surface area (Å²) in [6.07, 6.45) is 4.77. The molecule has 1 aliphatic rings. The Labute approximate surface area is 107 Å². The summed E-state index contributed by atoms with van der Waals surface area (Å²) in [5.41, 5.74) is 0. The van der Waals surface area contributed by atoms with Crippen molar-refractivity contribution in [3.05, 3.63) is 12.3 Å². The van der Waals surface area contributed by atoms with Crippen molar-refractivity contribution in [2.75, 3.05) is 6.61 Å². The summed E-state index contributed by atoms with van der Waals surface area (Å²) in [4.78, 5) is 0. The molecule has 6 nitrogen and oxygen atoms in total. The van der Waals surface area contributed by atoms with Gasteiger partial charge in [0.2, 0.25) is 0 Å². The zero-order valence-electron chi connectivity index (χ0n) is 10.4. The predicted molar refractivity (Wildman–Crippen MR) is 66.4 cm³/mol. The van der Waals surface area contributed by atoms with Crippen molar-refractivity contribution in [1.29, 1.82) is 0 Å². The highest BCUT2D eigenvalue weighted by Gasteiger charge is 2.26. The number of rotatable bonds is 4. The monoisotopic (exact) mass is 273 g/mol. The summed E-state index contributed by atoms with van der Waals surface area (Å²) in [5.74, 6) is 0.322. The Hall–Kier alpha value is -0.920. The number of aliphatic hydroxyl groups is 1. The van der Waals surface area contributed by atoms with E-state index >= 15 is 0 Å². The van der Waals surface area contributed by atoms with Crippen LogP contribution in [0.5, 0.6) is 0 Å². The third kappa shape index (κ3) is 2.90. The highest BCUT2D eigenvalue weighted by atomic mass is 32.2. The molecule has 1 saturated carbocycles. The van der Waals surface area contributed by atoms with Crippen molar-refractivity contribution < 1.29 is 13.5 Å². The lowest BCUT2D eigenvalue weighted by Gasteiger charge is -2.27. The first-order valence-electron chi connectivity index (χ1n) is 6.14. The standard InChI is InChI=1S/C11H19N3O3S/c1-14-11(6-7-12-14)18(16,17)13-10-4-2-9(8-15)3-5-10/h6-7,9-10,13,15H,2-5,8H2,1H3. The van der Waals surface area contributed by atoms with Crippen molar-refractivity contribution in [2.45, 2.75) is 36.8 Å². The van der Waals surface area contributed by atoms with Gasteiger partial charge in [-0.1, -0.05) is 0 Å². The Morgan fingerprint density at radius 3 is 2.61 bits per heavy atom. The SMILES string of the molecule is Cn1nccc1S(=O)(=O)NC1CCC(CO)CC1. The molecule has 0 bridgehead atoms. The largest absolute Gasteiger partial charge is 0.396 e. The van der Waals surface area contributed by atoms with Crippen molar-refractivity contribution in [1.82, 2.24) is 14.5 Å². The van der Waals surface area contributed by atoms with E-state index in [2.05, 4.69) is 9.82 Å². The van der Waals surface area contributed by atoms with Gasteiger partial charge in [0.25, 0.3) is 10.0 Å². The molecule has 0 aromatic carbocycles. The van der Waals surface area contributed by atoms with E-state index in [-0.39, 0.29) is 17.7 Å². The van der Waals surface area contributed by atoms with Crippen molar-refractivity contribution >= 4 is 10.0 Å². The molecule has 1 aromatic rings. The number of aryl methyl sites for hydroxylation is 1. The van der Waals surface area contributed by atoms with Gasteiger partial charge in [0, 0.05) is 19.7 Å². The van der Waals surface area contributed by atoms with Crippen LogP contribution in [0.1, 0.15) is 25.7 Å². The number of hydrogen-bond acceptors (Lipinski definition) is 4. The highest BCUT2D eigenvalue weighted by molar-refractivity contribution is 7.89. The molecule has 7 heteroatoms. The smallest absolute Gasteiger partial charge is 0.257 e. The maximum Gasteiger partial charge on any atom is 0.257 e. The number of nitrogens with zero attached hydrogens (tertiary/aromatic N) is 2. The minimum absolute atomic E-state index is 0.0345. The second-order valence-electron chi connectivity index (χ2n) is 4.81. The molecule has 1 fully saturated rings. The first-order chi connectivity index (χ1) is 8.53. The van der Waals surface area contributed by atoms with E-state index in [1.54, 1.807) is 7.05 Å². The molecular weight excluding hydrogens is 254 g/mol. The van der Waals surface area contributed by atoms with Crippen molar-refractivity contribution in [3.63, 3.8) is 0 Å². The second-order valence-corrected chi connectivity index (χ2v) is 6.48. The van der Waals surface area contributed by atoms with Crippen LogP contribution in [0.4, 0.5) is 0 Å². The van der Waals surface area contributed by atoms with Crippen LogP contribution in [0, 0.1) is 5.92 Å². The molecule has 0 atom stereocenters. The third-order valence-corrected chi connectivity index (χ3v) is 5.07. The number of aromatic nitrogens is 2. The molecule has 18 heavy (non-hydrogen) atoms. The fourth-order valence-electron chi connectivity index (χ4n) is 2.37. The third-order valence-electron chi connectivity index (χ3n) is 3.48. The van der Waals surface area contributed by atoms with E-state index in [1.165, 1.54) is 16.9 Å². The second kappa shape index (κ2) is 5.38. The van der Waals surface area contributed by atoms with Gasteiger partial charge in [-0.2, -0.15) is 5.10 Å². The molecular formula is C11H19N3O3S. The number of hydrogen-bond donors (Lipinski definition) is 2. The minimum Gasteiger partial charge on any atom is -0.396 e. The molecule has 0 saturated heterocycles. The molecule has 1 aliphatic carbocycles. The number of aliphatic hydroxyl groups excluding tert-OH is 1. The molecule has 0 radical (unpaired) electrons. The summed E-state index contributed by atoms with van der Waals surface area (Å²) in [6, 6.07) is 1.45. The first kappa shape index (κ1) is 13.5.